The number of carbonyl (C=O) groups is 1. The van der Waals surface area contributed by atoms with Crippen molar-refractivity contribution in [1.82, 2.24) is 14.7 Å². The van der Waals surface area contributed by atoms with Gasteiger partial charge in [-0.2, -0.15) is 0 Å². The Labute approximate surface area is 205 Å². The van der Waals surface area contributed by atoms with Crippen LogP contribution in [0.3, 0.4) is 0 Å². The maximum atomic E-state index is 13.2. The summed E-state index contributed by atoms with van der Waals surface area (Å²) in [6.45, 7) is 1.77. The lowest BCUT2D eigenvalue weighted by Crippen LogP contribution is -2.50. The average molecular weight is 504 g/mol. The summed E-state index contributed by atoms with van der Waals surface area (Å²) in [7, 11) is 1.76. The molecular weight excluding hydrogens is 483 g/mol. The van der Waals surface area contributed by atoms with Gasteiger partial charge in [0.1, 0.15) is 11.9 Å². The van der Waals surface area contributed by atoms with Crippen molar-refractivity contribution in [3.05, 3.63) is 94.4 Å². The number of hydrogen-bond acceptors (Lipinski definition) is 3. The molecule has 0 saturated heterocycles. The topological polar surface area (TPSA) is 68.1 Å². The van der Waals surface area contributed by atoms with E-state index in [1.807, 2.05) is 60.7 Å². The van der Waals surface area contributed by atoms with Crippen LogP contribution in [0.4, 0.5) is 5.69 Å². The monoisotopic (exact) mass is 502 g/mol. The molecule has 9 heteroatoms. The number of aromatic nitrogens is 2. The van der Waals surface area contributed by atoms with Crippen LogP contribution in [0.1, 0.15) is 16.1 Å². The highest BCUT2D eigenvalue weighted by Gasteiger charge is 2.36. The summed E-state index contributed by atoms with van der Waals surface area (Å²) in [4.78, 5) is 26.4. The lowest BCUT2D eigenvalue weighted by Gasteiger charge is -2.27. The van der Waals surface area contributed by atoms with Gasteiger partial charge in [-0.1, -0.05) is 89.4 Å². The molecule has 0 bridgehead atoms. The van der Waals surface area contributed by atoms with E-state index >= 15 is 0 Å². The van der Waals surface area contributed by atoms with E-state index in [0.717, 1.165) is 10.8 Å². The lowest BCUT2D eigenvalue weighted by atomic mass is 10.0. The second-order valence-electron chi connectivity index (χ2n) is 7.56. The molecule has 4 aromatic rings. The summed E-state index contributed by atoms with van der Waals surface area (Å²) in [5.41, 5.74) is 1.62. The number of amides is 1. The zero-order valence-electron chi connectivity index (χ0n) is 17.9. The van der Waals surface area contributed by atoms with Gasteiger partial charge in [0.15, 0.2) is 0 Å². The van der Waals surface area contributed by atoms with Crippen molar-refractivity contribution in [2.45, 2.75) is 16.9 Å². The maximum absolute atomic E-state index is 13.2. The van der Waals surface area contributed by atoms with Crippen molar-refractivity contribution in [3.63, 3.8) is 0 Å². The summed E-state index contributed by atoms with van der Waals surface area (Å²) in [5.74, 6) is -0.437. The summed E-state index contributed by atoms with van der Waals surface area (Å²) in [5, 5.41) is 7.36. The Bertz CT molecular complexity index is 1370. The molecule has 0 saturated carbocycles. The molecule has 0 spiro atoms. The first kappa shape index (κ1) is 23.2. The standard InChI is InChI=1S/C24H21Cl3N4O2/c1-15-20(22(33)31(30(15)2)17-11-4-3-5-12-17)28-23(24(25,26)27)29-21(32)19-14-8-10-16-9-6-7-13-18(16)19/h3-14,23,28H,1-2H3,(H,29,32)/t23-/m1/s1. The molecule has 1 aromatic heterocycles. The number of nitrogens with one attached hydrogen (secondary N) is 2. The molecule has 3 aromatic carbocycles. The largest absolute Gasteiger partial charge is 0.356 e. The van der Waals surface area contributed by atoms with Gasteiger partial charge in [0.2, 0.25) is 3.79 Å². The second kappa shape index (κ2) is 9.14. The summed E-state index contributed by atoms with van der Waals surface area (Å²) in [6, 6.07) is 22.1. The minimum Gasteiger partial charge on any atom is -0.356 e. The van der Waals surface area contributed by atoms with Gasteiger partial charge in [-0.05, 0) is 35.9 Å². The van der Waals surface area contributed by atoms with E-state index in [9.17, 15) is 9.59 Å². The number of alkyl halides is 3. The second-order valence-corrected chi connectivity index (χ2v) is 9.92. The van der Waals surface area contributed by atoms with E-state index in [1.54, 1.807) is 30.8 Å². The molecule has 170 valence electrons. The number of rotatable bonds is 5. The van der Waals surface area contributed by atoms with Gasteiger partial charge < -0.3 is 10.6 Å². The van der Waals surface area contributed by atoms with Gasteiger partial charge in [0.25, 0.3) is 11.5 Å². The molecule has 33 heavy (non-hydrogen) atoms. The Hall–Kier alpha value is -2.93. The van der Waals surface area contributed by atoms with Crippen molar-refractivity contribution >= 4 is 57.2 Å². The number of fused-ring (bicyclic) bond motifs is 1. The lowest BCUT2D eigenvalue weighted by molar-refractivity contribution is 0.0943. The quantitative estimate of drug-likeness (QED) is 0.291. The first-order valence-electron chi connectivity index (χ1n) is 10.1. The third-order valence-electron chi connectivity index (χ3n) is 5.48. The van der Waals surface area contributed by atoms with Gasteiger partial charge in [-0.25, -0.2) is 4.68 Å². The van der Waals surface area contributed by atoms with E-state index < -0.39 is 15.9 Å². The van der Waals surface area contributed by atoms with Gasteiger partial charge in [0, 0.05) is 12.6 Å². The Morgan fingerprint density at radius 3 is 2.27 bits per heavy atom. The van der Waals surface area contributed by atoms with Gasteiger partial charge in [-0.15, -0.1) is 0 Å². The fraction of sp³-hybridized carbons (Fsp3) is 0.167. The third kappa shape index (κ3) is 4.60. The van der Waals surface area contributed by atoms with Crippen molar-refractivity contribution in [3.8, 4) is 5.69 Å². The molecule has 0 aliphatic carbocycles. The van der Waals surface area contributed by atoms with Gasteiger partial charge in [-0.3, -0.25) is 14.3 Å². The maximum Gasteiger partial charge on any atom is 0.295 e. The number of nitrogens with zero attached hydrogens (tertiary/aromatic N) is 2. The van der Waals surface area contributed by atoms with E-state index in [1.165, 1.54) is 4.68 Å². The molecule has 0 radical (unpaired) electrons. The van der Waals surface area contributed by atoms with Crippen LogP contribution >= 0.6 is 34.8 Å². The van der Waals surface area contributed by atoms with Crippen LogP contribution in [0.15, 0.2) is 77.6 Å². The molecular formula is C24H21Cl3N4O2. The summed E-state index contributed by atoms with van der Waals surface area (Å²) in [6.07, 6.45) is -1.17. The molecule has 0 fully saturated rings. The Kier molecular flexibility index (Phi) is 6.43. The fourth-order valence-corrected chi connectivity index (χ4v) is 4.04. The normalized spacial score (nSPS) is 12.5. The highest BCUT2D eigenvalue weighted by molar-refractivity contribution is 6.68. The van der Waals surface area contributed by atoms with Crippen LogP contribution in [0.25, 0.3) is 16.5 Å². The van der Waals surface area contributed by atoms with Crippen LogP contribution in [0.5, 0.6) is 0 Å². The highest BCUT2D eigenvalue weighted by atomic mass is 35.6. The van der Waals surface area contributed by atoms with Crippen LogP contribution in [0.2, 0.25) is 0 Å². The van der Waals surface area contributed by atoms with Crippen molar-refractivity contribution in [1.29, 1.82) is 0 Å². The Morgan fingerprint density at radius 1 is 0.939 bits per heavy atom. The number of para-hydroxylation sites is 1. The molecule has 6 nitrogen and oxygen atoms in total. The van der Waals surface area contributed by atoms with Crippen LogP contribution < -0.4 is 16.2 Å². The van der Waals surface area contributed by atoms with Gasteiger partial charge in [0.05, 0.1) is 11.4 Å². The predicted octanol–water partition coefficient (Wildman–Crippen LogP) is 5.18. The smallest absolute Gasteiger partial charge is 0.295 e. The third-order valence-corrected chi connectivity index (χ3v) is 6.13. The molecule has 1 heterocycles. The van der Waals surface area contributed by atoms with E-state index in [0.29, 0.717) is 16.9 Å². The predicted molar refractivity (Wildman–Crippen MR) is 135 cm³/mol. The Balaban J connectivity index is 1.69. The number of hydrogen-bond donors (Lipinski definition) is 2. The van der Waals surface area contributed by atoms with E-state index in [-0.39, 0.29) is 11.2 Å². The molecule has 4 rings (SSSR count). The van der Waals surface area contributed by atoms with Gasteiger partial charge >= 0.3 is 0 Å². The molecule has 0 aliphatic rings. The first-order chi connectivity index (χ1) is 15.7. The number of anilines is 1. The van der Waals surface area contributed by atoms with Crippen molar-refractivity contribution in [2.75, 3.05) is 5.32 Å². The zero-order chi connectivity index (χ0) is 23.8. The van der Waals surface area contributed by atoms with Crippen molar-refractivity contribution < 1.29 is 4.79 Å². The Morgan fingerprint density at radius 2 is 1.58 bits per heavy atom. The minimum absolute atomic E-state index is 0.218. The summed E-state index contributed by atoms with van der Waals surface area (Å²) < 4.78 is 1.26. The number of carbonyl (C=O) groups excluding carboxylic acids is 1. The molecule has 0 aliphatic heterocycles. The summed E-state index contributed by atoms with van der Waals surface area (Å²) >= 11 is 18.6. The van der Waals surface area contributed by atoms with Crippen LogP contribution in [-0.2, 0) is 7.05 Å². The SMILES string of the molecule is Cc1c(N[C@H](NC(=O)c2cccc3ccccc23)C(Cl)(Cl)Cl)c(=O)n(-c2ccccc2)n1C. The van der Waals surface area contributed by atoms with Crippen molar-refractivity contribution in [2.24, 2.45) is 7.05 Å². The number of halogens is 3. The molecule has 2 N–H and O–H groups in total. The zero-order valence-corrected chi connectivity index (χ0v) is 20.1. The fourth-order valence-electron chi connectivity index (χ4n) is 3.71. The van der Waals surface area contributed by atoms with E-state index in [2.05, 4.69) is 10.6 Å². The van der Waals surface area contributed by atoms with Crippen LogP contribution in [-0.4, -0.2) is 25.2 Å². The minimum atomic E-state index is -1.94. The van der Waals surface area contributed by atoms with Crippen LogP contribution in [0, 0.1) is 6.92 Å². The molecule has 1 atom stereocenters. The molecule has 0 unspecified atom stereocenters. The highest BCUT2D eigenvalue weighted by Crippen LogP contribution is 2.32. The first-order valence-corrected chi connectivity index (χ1v) is 11.3. The molecule has 1 amide bonds. The number of benzene rings is 3. The van der Waals surface area contributed by atoms with E-state index in [4.69, 9.17) is 34.8 Å². The average Bonchev–Trinajstić information content (AvgIpc) is 3.01.